The Kier molecular flexibility index (Phi) is 3.34. The Hall–Kier alpha value is -1.95. The number of rotatable bonds is 4. The van der Waals surface area contributed by atoms with Crippen LogP contribution >= 0.6 is 0 Å². The summed E-state index contributed by atoms with van der Waals surface area (Å²) < 4.78 is 0. The van der Waals surface area contributed by atoms with Crippen molar-refractivity contribution in [3.8, 4) is 0 Å². The molecule has 6 heteroatoms. The standard InChI is InChI=1S/C11H13N3O3/c15-11(13-12-9-4-2-5-9)8-3-1-6-10(7-8)14(16)17/h1,3,6-7,9,12H,2,4-5H2,(H,13,15). The molecule has 0 aliphatic heterocycles. The molecule has 1 amide bonds. The fourth-order valence-electron chi connectivity index (χ4n) is 1.55. The summed E-state index contributed by atoms with van der Waals surface area (Å²) in [5.41, 5.74) is 5.65. The normalized spacial score (nSPS) is 15.1. The van der Waals surface area contributed by atoms with E-state index in [0.717, 1.165) is 12.8 Å². The summed E-state index contributed by atoms with van der Waals surface area (Å²) in [6.07, 6.45) is 3.27. The van der Waals surface area contributed by atoms with E-state index in [1.807, 2.05) is 0 Å². The smallest absolute Gasteiger partial charge is 0.270 e. The molecule has 1 aromatic carbocycles. The van der Waals surface area contributed by atoms with Crippen LogP contribution < -0.4 is 10.9 Å². The zero-order chi connectivity index (χ0) is 12.3. The van der Waals surface area contributed by atoms with E-state index in [2.05, 4.69) is 10.9 Å². The third-order valence-corrected chi connectivity index (χ3v) is 2.81. The van der Waals surface area contributed by atoms with Crippen LogP contribution in [0, 0.1) is 10.1 Å². The maximum Gasteiger partial charge on any atom is 0.270 e. The van der Waals surface area contributed by atoms with Crippen molar-refractivity contribution in [2.45, 2.75) is 25.3 Å². The third-order valence-electron chi connectivity index (χ3n) is 2.81. The maximum atomic E-state index is 11.7. The third kappa shape index (κ3) is 2.79. The molecule has 1 aromatic rings. The van der Waals surface area contributed by atoms with Crippen LogP contribution in [-0.2, 0) is 0 Å². The molecule has 0 spiro atoms. The molecule has 1 aliphatic carbocycles. The number of benzene rings is 1. The van der Waals surface area contributed by atoms with Gasteiger partial charge in [-0.15, -0.1) is 0 Å². The van der Waals surface area contributed by atoms with E-state index in [4.69, 9.17) is 0 Å². The van der Waals surface area contributed by atoms with Crippen molar-refractivity contribution >= 4 is 11.6 Å². The second kappa shape index (κ2) is 4.92. The average molecular weight is 235 g/mol. The van der Waals surface area contributed by atoms with Gasteiger partial charge in [-0.1, -0.05) is 12.5 Å². The molecule has 6 nitrogen and oxygen atoms in total. The monoisotopic (exact) mass is 235 g/mol. The second-order valence-corrected chi connectivity index (χ2v) is 4.03. The van der Waals surface area contributed by atoms with E-state index in [9.17, 15) is 14.9 Å². The Morgan fingerprint density at radius 3 is 2.76 bits per heavy atom. The lowest BCUT2D eigenvalue weighted by molar-refractivity contribution is -0.384. The fourth-order valence-corrected chi connectivity index (χ4v) is 1.55. The van der Waals surface area contributed by atoms with E-state index in [1.165, 1.54) is 24.6 Å². The predicted molar refractivity (Wildman–Crippen MR) is 61.3 cm³/mol. The molecule has 1 aliphatic rings. The van der Waals surface area contributed by atoms with Gasteiger partial charge in [0.1, 0.15) is 0 Å². The Balaban J connectivity index is 1.97. The minimum atomic E-state index is -0.518. The van der Waals surface area contributed by atoms with Gasteiger partial charge in [0.05, 0.1) is 4.92 Å². The number of hydrogen-bond acceptors (Lipinski definition) is 4. The van der Waals surface area contributed by atoms with E-state index in [-0.39, 0.29) is 17.2 Å². The minimum absolute atomic E-state index is 0.0821. The molecule has 0 aromatic heterocycles. The summed E-state index contributed by atoms with van der Waals surface area (Å²) in [5.74, 6) is -0.347. The number of nitrogens with one attached hydrogen (secondary N) is 2. The summed E-state index contributed by atoms with van der Waals surface area (Å²) in [4.78, 5) is 21.7. The first-order valence-electron chi connectivity index (χ1n) is 5.47. The number of carbonyl (C=O) groups excluding carboxylic acids is 1. The molecule has 1 fully saturated rings. The molecule has 0 radical (unpaired) electrons. The van der Waals surface area contributed by atoms with Gasteiger partial charge in [-0.25, -0.2) is 5.43 Å². The first-order chi connectivity index (χ1) is 8.16. The summed E-state index contributed by atoms with van der Waals surface area (Å²) in [6, 6.07) is 5.99. The van der Waals surface area contributed by atoms with Crippen LogP contribution in [0.3, 0.4) is 0 Å². The second-order valence-electron chi connectivity index (χ2n) is 4.03. The van der Waals surface area contributed by atoms with Crippen molar-refractivity contribution in [3.63, 3.8) is 0 Å². The van der Waals surface area contributed by atoms with Gasteiger partial charge in [0.15, 0.2) is 0 Å². The van der Waals surface area contributed by atoms with Gasteiger partial charge in [-0.3, -0.25) is 20.3 Å². The molecule has 2 N–H and O–H groups in total. The van der Waals surface area contributed by atoms with Gasteiger partial charge in [0.2, 0.25) is 0 Å². The van der Waals surface area contributed by atoms with Crippen LogP contribution in [0.15, 0.2) is 24.3 Å². The maximum absolute atomic E-state index is 11.7. The number of hydrazine groups is 1. The zero-order valence-electron chi connectivity index (χ0n) is 9.18. The van der Waals surface area contributed by atoms with Crippen molar-refractivity contribution in [3.05, 3.63) is 39.9 Å². The first-order valence-corrected chi connectivity index (χ1v) is 5.47. The quantitative estimate of drug-likeness (QED) is 0.610. The Labute approximate surface area is 98.1 Å². The highest BCUT2D eigenvalue weighted by atomic mass is 16.6. The summed E-state index contributed by atoms with van der Waals surface area (Å²) >= 11 is 0. The molecule has 0 saturated heterocycles. The van der Waals surface area contributed by atoms with Crippen LogP contribution in [0.1, 0.15) is 29.6 Å². The first kappa shape index (κ1) is 11.5. The van der Waals surface area contributed by atoms with E-state index in [1.54, 1.807) is 6.07 Å². The number of amides is 1. The van der Waals surface area contributed by atoms with E-state index in [0.29, 0.717) is 6.04 Å². The number of hydrogen-bond donors (Lipinski definition) is 2. The molecule has 0 bridgehead atoms. The van der Waals surface area contributed by atoms with Crippen LogP contribution in [0.5, 0.6) is 0 Å². The van der Waals surface area contributed by atoms with Gasteiger partial charge in [0, 0.05) is 23.7 Å². The molecule has 90 valence electrons. The summed E-state index contributed by atoms with van der Waals surface area (Å²) in [5, 5.41) is 10.6. The van der Waals surface area contributed by atoms with Crippen LogP contribution in [-0.4, -0.2) is 16.9 Å². The van der Waals surface area contributed by atoms with Gasteiger partial charge < -0.3 is 0 Å². The summed E-state index contributed by atoms with van der Waals surface area (Å²) in [6.45, 7) is 0. The SMILES string of the molecule is O=C(NNC1CCC1)c1cccc([N+](=O)[O-])c1. The number of nitrogens with zero attached hydrogens (tertiary/aromatic N) is 1. The Bertz CT molecular complexity index is 443. The van der Waals surface area contributed by atoms with Crippen LogP contribution in [0.4, 0.5) is 5.69 Å². The summed E-state index contributed by atoms with van der Waals surface area (Å²) in [7, 11) is 0. The van der Waals surface area contributed by atoms with Gasteiger partial charge in [-0.2, -0.15) is 0 Å². The Morgan fingerprint density at radius 2 is 2.18 bits per heavy atom. The molecule has 1 saturated carbocycles. The zero-order valence-corrected chi connectivity index (χ0v) is 9.18. The number of nitro benzene ring substituents is 1. The number of non-ortho nitro benzene ring substituents is 1. The number of nitro groups is 1. The lowest BCUT2D eigenvalue weighted by Gasteiger charge is -2.26. The largest absolute Gasteiger partial charge is 0.287 e. The van der Waals surface area contributed by atoms with Crippen molar-refractivity contribution in [1.29, 1.82) is 0 Å². The molecule has 0 unspecified atom stereocenters. The fraction of sp³-hybridized carbons (Fsp3) is 0.364. The lowest BCUT2D eigenvalue weighted by atomic mass is 9.94. The molecular weight excluding hydrogens is 222 g/mol. The van der Waals surface area contributed by atoms with E-state index >= 15 is 0 Å². The van der Waals surface area contributed by atoms with Gasteiger partial charge in [-0.05, 0) is 18.9 Å². The van der Waals surface area contributed by atoms with Crippen LogP contribution in [0.2, 0.25) is 0 Å². The minimum Gasteiger partial charge on any atom is -0.287 e. The van der Waals surface area contributed by atoms with Crippen molar-refractivity contribution in [2.75, 3.05) is 0 Å². The highest BCUT2D eigenvalue weighted by Crippen LogP contribution is 2.17. The van der Waals surface area contributed by atoms with Gasteiger partial charge in [0.25, 0.3) is 11.6 Å². The molecule has 0 atom stereocenters. The number of carbonyl (C=O) groups is 1. The topological polar surface area (TPSA) is 84.3 Å². The average Bonchev–Trinajstić information content (AvgIpc) is 2.27. The molecular formula is C11H13N3O3. The Morgan fingerprint density at radius 1 is 1.41 bits per heavy atom. The molecule has 2 rings (SSSR count). The highest BCUT2D eigenvalue weighted by molar-refractivity contribution is 5.94. The molecule has 0 heterocycles. The van der Waals surface area contributed by atoms with Crippen molar-refractivity contribution in [2.24, 2.45) is 0 Å². The highest BCUT2D eigenvalue weighted by Gasteiger charge is 2.18. The van der Waals surface area contributed by atoms with Crippen molar-refractivity contribution in [1.82, 2.24) is 10.9 Å². The van der Waals surface area contributed by atoms with Gasteiger partial charge >= 0.3 is 0 Å². The van der Waals surface area contributed by atoms with E-state index < -0.39 is 4.92 Å². The van der Waals surface area contributed by atoms with Crippen LogP contribution in [0.25, 0.3) is 0 Å². The lowest BCUT2D eigenvalue weighted by Crippen LogP contribution is -2.47. The van der Waals surface area contributed by atoms with Crippen molar-refractivity contribution < 1.29 is 9.72 Å². The molecule has 17 heavy (non-hydrogen) atoms. The predicted octanol–water partition coefficient (Wildman–Crippen LogP) is 1.38.